The lowest BCUT2D eigenvalue weighted by Crippen LogP contribution is -2.39. The molecule has 31 heavy (non-hydrogen) atoms. The Morgan fingerprint density at radius 1 is 1.19 bits per heavy atom. The summed E-state index contributed by atoms with van der Waals surface area (Å²) >= 11 is 1.53. The van der Waals surface area contributed by atoms with Crippen LogP contribution in [0.5, 0.6) is 0 Å². The molecule has 7 nitrogen and oxygen atoms in total. The molecule has 0 aromatic carbocycles. The van der Waals surface area contributed by atoms with Gasteiger partial charge in [0.05, 0.1) is 16.3 Å². The van der Waals surface area contributed by atoms with Gasteiger partial charge in [-0.3, -0.25) is 9.48 Å². The van der Waals surface area contributed by atoms with Crippen LogP contribution in [0.25, 0.3) is 11.3 Å². The molecule has 0 N–H and O–H groups in total. The summed E-state index contributed by atoms with van der Waals surface area (Å²) in [5.41, 5.74) is 4.15. The summed E-state index contributed by atoms with van der Waals surface area (Å²) in [7, 11) is 1.95. The summed E-state index contributed by atoms with van der Waals surface area (Å²) in [6.45, 7) is 5.58. The van der Waals surface area contributed by atoms with Gasteiger partial charge in [-0.15, -0.1) is 11.3 Å². The van der Waals surface area contributed by atoms with Crippen LogP contribution in [0.3, 0.4) is 0 Å². The number of anilines is 1. The van der Waals surface area contributed by atoms with Gasteiger partial charge in [-0.25, -0.2) is 9.97 Å². The molecule has 5 rings (SSSR count). The van der Waals surface area contributed by atoms with Crippen molar-refractivity contribution in [3.05, 3.63) is 46.0 Å². The van der Waals surface area contributed by atoms with E-state index in [9.17, 15) is 4.79 Å². The van der Waals surface area contributed by atoms with E-state index in [-0.39, 0.29) is 11.8 Å². The van der Waals surface area contributed by atoms with Gasteiger partial charge >= 0.3 is 0 Å². The van der Waals surface area contributed by atoms with Crippen molar-refractivity contribution < 1.29 is 4.79 Å². The molecule has 2 aliphatic heterocycles. The first-order valence-corrected chi connectivity index (χ1v) is 11.9. The zero-order valence-corrected chi connectivity index (χ0v) is 18.9. The molecule has 0 spiro atoms. The van der Waals surface area contributed by atoms with Crippen molar-refractivity contribution in [2.75, 3.05) is 31.1 Å². The maximum atomic E-state index is 13.0. The molecule has 2 fully saturated rings. The van der Waals surface area contributed by atoms with E-state index in [0.717, 1.165) is 65.8 Å². The number of aromatic nitrogens is 4. The lowest BCUT2D eigenvalue weighted by Gasteiger charge is -2.32. The number of thiophene rings is 1. The maximum absolute atomic E-state index is 13.0. The Balaban J connectivity index is 1.41. The number of piperidine rings is 1. The summed E-state index contributed by atoms with van der Waals surface area (Å²) in [6, 6.07) is 3.96. The molecular weight excluding hydrogens is 408 g/mol. The second-order valence-electron chi connectivity index (χ2n) is 8.62. The van der Waals surface area contributed by atoms with Gasteiger partial charge in [0.1, 0.15) is 0 Å². The standard InChI is InChI=1S/C23H28N6OS/c1-16-12-20(31-15-16)22(30)29-11-5-6-17(13-29)21-18(14-27(2)26-21)19-7-8-24-23(25-19)28-9-3-4-10-28/h7-8,12,14-15,17H,3-6,9-11,13H2,1-2H3/t17-/m0/s1. The molecule has 1 atom stereocenters. The fourth-order valence-corrected chi connectivity index (χ4v) is 5.52. The molecule has 2 saturated heterocycles. The predicted octanol–water partition coefficient (Wildman–Crippen LogP) is 3.87. The Labute approximate surface area is 186 Å². The molecule has 2 aliphatic rings. The second-order valence-corrected chi connectivity index (χ2v) is 9.53. The molecular formula is C23H28N6OS. The van der Waals surface area contributed by atoms with Gasteiger partial charge in [0, 0.05) is 57.1 Å². The highest BCUT2D eigenvalue weighted by atomic mass is 32.1. The fraction of sp³-hybridized carbons (Fsp3) is 0.478. The van der Waals surface area contributed by atoms with Crippen LogP contribution in [-0.2, 0) is 7.05 Å². The molecule has 0 saturated carbocycles. The Morgan fingerprint density at radius 3 is 2.81 bits per heavy atom. The molecule has 5 heterocycles. The van der Waals surface area contributed by atoms with Gasteiger partial charge in [-0.05, 0) is 55.7 Å². The minimum absolute atomic E-state index is 0.138. The highest BCUT2D eigenvalue weighted by Crippen LogP contribution is 2.34. The van der Waals surface area contributed by atoms with Crippen LogP contribution < -0.4 is 4.90 Å². The summed E-state index contributed by atoms with van der Waals surface area (Å²) < 4.78 is 1.87. The van der Waals surface area contributed by atoms with Gasteiger partial charge in [-0.2, -0.15) is 5.10 Å². The first-order valence-electron chi connectivity index (χ1n) is 11.0. The average molecular weight is 437 g/mol. The van der Waals surface area contributed by atoms with E-state index >= 15 is 0 Å². The van der Waals surface area contributed by atoms with Crippen LogP contribution in [0, 0.1) is 6.92 Å². The molecule has 0 radical (unpaired) electrons. The van der Waals surface area contributed by atoms with E-state index in [0.29, 0.717) is 6.54 Å². The first kappa shape index (κ1) is 20.2. The largest absolute Gasteiger partial charge is 0.341 e. The highest BCUT2D eigenvalue weighted by molar-refractivity contribution is 7.12. The van der Waals surface area contributed by atoms with Crippen molar-refractivity contribution in [2.45, 2.75) is 38.5 Å². The number of likely N-dealkylation sites (tertiary alicyclic amines) is 1. The SMILES string of the molecule is Cc1csc(C(=O)N2CCC[C@H](c3nn(C)cc3-c3ccnc(N4CCCC4)n3)C2)c1. The highest BCUT2D eigenvalue weighted by Gasteiger charge is 2.30. The van der Waals surface area contributed by atoms with Gasteiger partial charge in [0.15, 0.2) is 0 Å². The topological polar surface area (TPSA) is 67.2 Å². The number of aryl methyl sites for hydroxylation is 2. The van der Waals surface area contributed by atoms with Crippen molar-refractivity contribution >= 4 is 23.2 Å². The van der Waals surface area contributed by atoms with Crippen molar-refractivity contribution in [1.29, 1.82) is 0 Å². The van der Waals surface area contributed by atoms with Crippen LogP contribution in [0.2, 0.25) is 0 Å². The number of amides is 1. The smallest absolute Gasteiger partial charge is 0.263 e. The molecule has 3 aromatic rings. The van der Waals surface area contributed by atoms with Crippen LogP contribution in [0.4, 0.5) is 5.95 Å². The van der Waals surface area contributed by atoms with Crippen LogP contribution in [0.15, 0.2) is 29.9 Å². The predicted molar refractivity (Wildman–Crippen MR) is 123 cm³/mol. The quantitative estimate of drug-likeness (QED) is 0.621. The van der Waals surface area contributed by atoms with Crippen molar-refractivity contribution in [3.63, 3.8) is 0 Å². The molecule has 3 aromatic heterocycles. The van der Waals surface area contributed by atoms with E-state index in [1.807, 2.05) is 47.3 Å². The number of hydrogen-bond donors (Lipinski definition) is 0. The number of hydrogen-bond acceptors (Lipinski definition) is 6. The van der Waals surface area contributed by atoms with Crippen molar-refractivity contribution in [3.8, 4) is 11.3 Å². The number of carbonyl (C=O) groups is 1. The van der Waals surface area contributed by atoms with Crippen LogP contribution in [0.1, 0.15) is 52.5 Å². The van der Waals surface area contributed by atoms with Gasteiger partial charge in [0.2, 0.25) is 5.95 Å². The molecule has 0 aliphatic carbocycles. The van der Waals surface area contributed by atoms with Gasteiger partial charge in [0.25, 0.3) is 5.91 Å². The van der Waals surface area contributed by atoms with Gasteiger partial charge < -0.3 is 9.80 Å². The van der Waals surface area contributed by atoms with Crippen molar-refractivity contribution in [1.82, 2.24) is 24.6 Å². The number of carbonyl (C=O) groups excluding carboxylic acids is 1. The van der Waals surface area contributed by atoms with Crippen LogP contribution in [-0.4, -0.2) is 56.7 Å². The fourth-order valence-electron chi connectivity index (χ4n) is 4.66. The van der Waals surface area contributed by atoms with Crippen LogP contribution >= 0.6 is 11.3 Å². The molecule has 8 heteroatoms. The maximum Gasteiger partial charge on any atom is 0.263 e. The Kier molecular flexibility index (Phi) is 5.48. The Hall–Kier alpha value is -2.74. The average Bonchev–Trinajstić information content (AvgIpc) is 3.54. The van der Waals surface area contributed by atoms with E-state index in [2.05, 4.69) is 16.1 Å². The third-order valence-electron chi connectivity index (χ3n) is 6.20. The third-order valence-corrected chi connectivity index (χ3v) is 7.24. The van der Waals surface area contributed by atoms with E-state index in [1.165, 1.54) is 24.2 Å². The monoisotopic (exact) mass is 436 g/mol. The number of nitrogens with zero attached hydrogens (tertiary/aromatic N) is 6. The minimum atomic E-state index is 0.138. The van der Waals surface area contributed by atoms with Crippen molar-refractivity contribution in [2.24, 2.45) is 7.05 Å². The zero-order valence-electron chi connectivity index (χ0n) is 18.1. The lowest BCUT2D eigenvalue weighted by atomic mass is 9.91. The lowest BCUT2D eigenvalue weighted by molar-refractivity contribution is 0.0710. The number of rotatable bonds is 4. The summed E-state index contributed by atoms with van der Waals surface area (Å²) in [6.07, 6.45) is 8.31. The van der Waals surface area contributed by atoms with E-state index in [4.69, 9.17) is 10.1 Å². The van der Waals surface area contributed by atoms with E-state index in [1.54, 1.807) is 0 Å². The summed E-state index contributed by atoms with van der Waals surface area (Å²) in [4.78, 5) is 27.5. The summed E-state index contributed by atoms with van der Waals surface area (Å²) in [5, 5.41) is 6.86. The minimum Gasteiger partial charge on any atom is -0.341 e. The van der Waals surface area contributed by atoms with E-state index < -0.39 is 0 Å². The summed E-state index contributed by atoms with van der Waals surface area (Å²) in [5.74, 6) is 1.15. The zero-order chi connectivity index (χ0) is 21.4. The molecule has 0 unspecified atom stereocenters. The first-order chi connectivity index (χ1) is 15.1. The van der Waals surface area contributed by atoms with Gasteiger partial charge in [-0.1, -0.05) is 0 Å². The Morgan fingerprint density at radius 2 is 2.03 bits per heavy atom. The third kappa shape index (κ3) is 4.08. The Bertz CT molecular complexity index is 1080. The molecule has 162 valence electrons. The second kappa shape index (κ2) is 8.42. The molecule has 1 amide bonds. The normalized spacial score (nSPS) is 19.2. The molecule has 0 bridgehead atoms.